The molecule has 0 aliphatic heterocycles. The minimum atomic E-state index is -0.364. The summed E-state index contributed by atoms with van der Waals surface area (Å²) in [5.74, 6) is -0.324. The Labute approximate surface area is 148 Å². The van der Waals surface area contributed by atoms with Gasteiger partial charge in [-0.15, -0.1) is 0 Å². The van der Waals surface area contributed by atoms with Gasteiger partial charge in [0, 0.05) is 16.0 Å². The highest BCUT2D eigenvalue weighted by molar-refractivity contribution is 14.1. The second-order valence-corrected chi connectivity index (χ2v) is 6.32. The first-order valence-corrected chi connectivity index (χ1v) is 8.27. The lowest BCUT2D eigenvalue weighted by molar-refractivity contribution is 0.0255. The van der Waals surface area contributed by atoms with Gasteiger partial charge in [0.25, 0.3) is 0 Å². The molecule has 1 aromatic heterocycles. The Kier molecular flexibility index (Phi) is 5.07. The van der Waals surface area contributed by atoms with Crippen LogP contribution in [-0.2, 0) is 11.3 Å². The van der Waals surface area contributed by atoms with Crippen LogP contribution in [0, 0.1) is 3.57 Å². The molecule has 1 unspecified atom stereocenters. The number of benzene rings is 2. The molecule has 116 valence electrons. The number of nitrogens with zero attached hydrogens (tertiary/aromatic N) is 2. The number of hydrogen-bond acceptors (Lipinski definition) is 3. The van der Waals surface area contributed by atoms with E-state index in [4.69, 9.17) is 4.74 Å². The predicted molar refractivity (Wildman–Crippen MR) is 96.0 cm³/mol. The summed E-state index contributed by atoms with van der Waals surface area (Å²) in [5.41, 5.74) is 1.51. The van der Waals surface area contributed by atoms with Gasteiger partial charge in [-0.3, -0.25) is 0 Å². The van der Waals surface area contributed by atoms with Crippen molar-refractivity contribution in [3.05, 3.63) is 88.0 Å². The molecule has 0 radical (unpaired) electrons. The maximum atomic E-state index is 12.4. The highest BCUT2D eigenvalue weighted by atomic mass is 127. The number of imidazole rings is 1. The van der Waals surface area contributed by atoms with Crippen LogP contribution >= 0.6 is 22.6 Å². The smallest absolute Gasteiger partial charge is 0.338 e. The van der Waals surface area contributed by atoms with Crippen molar-refractivity contribution in [1.29, 1.82) is 0 Å². The number of carbonyl (C=O) groups excluding carboxylic acids is 1. The van der Waals surface area contributed by atoms with Gasteiger partial charge in [-0.2, -0.15) is 0 Å². The zero-order valence-corrected chi connectivity index (χ0v) is 14.5. The highest BCUT2D eigenvalue weighted by Gasteiger charge is 2.18. The molecule has 1 atom stereocenters. The average molecular weight is 418 g/mol. The van der Waals surface area contributed by atoms with Crippen molar-refractivity contribution >= 4 is 28.6 Å². The number of halogens is 1. The molecule has 4 nitrogen and oxygen atoms in total. The molecule has 0 bridgehead atoms. The Morgan fingerprint density at radius 2 is 1.87 bits per heavy atom. The van der Waals surface area contributed by atoms with Crippen LogP contribution in [0.3, 0.4) is 0 Å². The van der Waals surface area contributed by atoms with Crippen LogP contribution in [0.25, 0.3) is 0 Å². The summed E-state index contributed by atoms with van der Waals surface area (Å²) in [6, 6.07) is 17.1. The number of aromatic nitrogens is 2. The first-order valence-electron chi connectivity index (χ1n) is 7.19. The third kappa shape index (κ3) is 4.19. The minimum absolute atomic E-state index is 0.324. The van der Waals surface area contributed by atoms with Crippen molar-refractivity contribution in [3.63, 3.8) is 0 Å². The zero-order chi connectivity index (χ0) is 16.1. The molecule has 5 heteroatoms. The summed E-state index contributed by atoms with van der Waals surface area (Å²) in [6.07, 6.45) is 4.92. The monoisotopic (exact) mass is 418 g/mol. The molecular formula is C18H15IN2O2. The van der Waals surface area contributed by atoms with E-state index < -0.39 is 0 Å². The fraction of sp³-hybridized carbons (Fsp3) is 0.111. The summed E-state index contributed by atoms with van der Waals surface area (Å²) in [7, 11) is 0. The first kappa shape index (κ1) is 15.7. The van der Waals surface area contributed by atoms with E-state index in [-0.39, 0.29) is 12.1 Å². The van der Waals surface area contributed by atoms with Gasteiger partial charge in [0.1, 0.15) is 6.10 Å². The molecule has 0 fully saturated rings. The molecule has 0 amide bonds. The topological polar surface area (TPSA) is 44.1 Å². The van der Waals surface area contributed by atoms with Crippen molar-refractivity contribution in [2.45, 2.75) is 12.6 Å². The minimum Gasteiger partial charge on any atom is -0.452 e. The van der Waals surface area contributed by atoms with Gasteiger partial charge in [-0.25, -0.2) is 9.78 Å². The zero-order valence-electron chi connectivity index (χ0n) is 12.3. The van der Waals surface area contributed by atoms with Crippen molar-refractivity contribution in [3.8, 4) is 0 Å². The number of hydrogen-bond donors (Lipinski definition) is 0. The van der Waals surface area contributed by atoms with Crippen LogP contribution in [0.2, 0.25) is 0 Å². The van der Waals surface area contributed by atoms with Crippen LogP contribution in [0.1, 0.15) is 22.0 Å². The Morgan fingerprint density at radius 1 is 1.13 bits per heavy atom. The van der Waals surface area contributed by atoms with Gasteiger partial charge < -0.3 is 9.30 Å². The molecule has 0 spiro atoms. The number of rotatable bonds is 5. The van der Waals surface area contributed by atoms with Gasteiger partial charge in [-0.1, -0.05) is 30.3 Å². The van der Waals surface area contributed by atoms with E-state index >= 15 is 0 Å². The molecule has 2 aromatic carbocycles. The van der Waals surface area contributed by atoms with E-state index in [1.54, 1.807) is 24.7 Å². The fourth-order valence-corrected chi connectivity index (χ4v) is 2.61. The lowest BCUT2D eigenvalue weighted by Crippen LogP contribution is -2.16. The normalized spacial score (nSPS) is 11.9. The van der Waals surface area contributed by atoms with Gasteiger partial charge in [0.05, 0.1) is 18.4 Å². The standard InChI is InChI=1S/C18H15IN2O2/c19-16-8-6-15(7-9-16)18(22)23-17(12-21-11-10-20-13-21)14-4-2-1-3-5-14/h1-11,13,17H,12H2. The van der Waals surface area contributed by atoms with Gasteiger partial charge >= 0.3 is 5.97 Å². The van der Waals surface area contributed by atoms with Crippen molar-refractivity contribution < 1.29 is 9.53 Å². The van der Waals surface area contributed by atoms with Crippen LogP contribution < -0.4 is 0 Å². The van der Waals surface area contributed by atoms with E-state index in [0.29, 0.717) is 12.1 Å². The number of ether oxygens (including phenoxy) is 1. The highest BCUT2D eigenvalue weighted by Crippen LogP contribution is 2.21. The van der Waals surface area contributed by atoms with Crippen LogP contribution in [-0.4, -0.2) is 15.5 Å². The fourth-order valence-electron chi connectivity index (χ4n) is 2.25. The molecule has 0 aliphatic rings. The molecule has 0 saturated heterocycles. The Bertz CT molecular complexity index is 755. The largest absolute Gasteiger partial charge is 0.452 e. The van der Waals surface area contributed by atoms with Crippen LogP contribution in [0.5, 0.6) is 0 Å². The molecule has 0 aliphatic carbocycles. The Hall–Kier alpha value is -2.15. The molecule has 0 saturated carbocycles. The molecule has 3 rings (SSSR count). The van der Waals surface area contributed by atoms with E-state index in [1.807, 2.05) is 53.2 Å². The molecule has 0 N–H and O–H groups in total. The Morgan fingerprint density at radius 3 is 2.52 bits per heavy atom. The second kappa shape index (κ2) is 7.41. The van der Waals surface area contributed by atoms with Crippen LogP contribution in [0.4, 0.5) is 0 Å². The summed E-state index contributed by atoms with van der Waals surface area (Å²) >= 11 is 2.21. The van der Waals surface area contributed by atoms with E-state index in [2.05, 4.69) is 27.6 Å². The Balaban J connectivity index is 1.80. The summed E-state index contributed by atoms with van der Waals surface area (Å²) in [4.78, 5) is 16.5. The lowest BCUT2D eigenvalue weighted by atomic mass is 10.1. The first-order chi connectivity index (χ1) is 11.2. The molecule has 1 heterocycles. The third-order valence-electron chi connectivity index (χ3n) is 3.44. The third-order valence-corrected chi connectivity index (χ3v) is 4.16. The second-order valence-electron chi connectivity index (χ2n) is 5.07. The predicted octanol–water partition coefficient (Wildman–Crippen LogP) is 4.09. The molecule has 23 heavy (non-hydrogen) atoms. The number of esters is 1. The average Bonchev–Trinajstić information content (AvgIpc) is 3.09. The lowest BCUT2D eigenvalue weighted by Gasteiger charge is -2.19. The van der Waals surface area contributed by atoms with E-state index in [0.717, 1.165) is 9.13 Å². The molecular weight excluding hydrogens is 403 g/mol. The quantitative estimate of drug-likeness (QED) is 0.463. The van der Waals surface area contributed by atoms with Crippen molar-refractivity contribution in [1.82, 2.24) is 9.55 Å². The number of carbonyl (C=O) groups is 1. The van der Waals surface area contributed by atoms with Crippen molar-refractivity contribution in [2.24, 2.45) is 0 Å². The van der Waals surface area contributed by atoms with E-state index in [1.165, 1.54) is 0 Å². The summed E-state index contributed by atoms with van der Waals surface area (Å²) < 4.78 is 8.73. The summed E-state index contributed by atoms with van der Waals surface area (Å²) in [5, 5.41) is 0. The SMILES string of the molecule is O=C(OC(Cn1ccnc1)c1ccccc1)c1ccc(I)cc1. The van der Waals surface area contributed by atoms with Gasteiger partial charge in [0.2, 0.25) is 0 Å². The van der Waals surface area contributed by atoms with Gasteiger partial charge in [0.15, 0.2) is 0 Å². The maximum Gasteiger partial charge on any atom is 0.338 e. The van der Waals surface area contributed by atoms with E-state index in [9.17, 15) is 4.79 Å². The van der Waals surface area contributed by atoms with Crippen molar-refractivity contribution in [2.75, 3.05) is 0 Å². The summed E-state index contributed by atoms with van der Waals surface area (Å²) in [6.45, 7) is 0.528. The maximum absolute atomic E-state index is 12.4. The molecule has 3 aromatic rings. The van der Waals surface area contributed by atoms with Crippen LogP contribution in [0.15, 0.2) is 73.3 Å². The van der Waals surface area contributed by atoms with Gasteiger partial charge in [-0.05, 0) is 52.4 Å².